The Balaban J connectivity index is 1.82. The van der Waals surface area contributed by atoms with Crippen molar-refractivity contribution in [3.8, 4) is 0 Å². The summed E-state index contributed by atoms with van der Waals surface area (Å²) in [7, 11) is 0. The minimum absolute atomic E-state index is 0.0415. The molecule has 2 nitrogen and oxygen atoms in total. The maximum absolute atomic E-state index is 10.8. The average molecular weight is 178 g/mol. The van der Waals surface area contributed by atoms with Gasteiger partial charge in [-0.05, 0) is 42.9 Å². The van der Waals surface area contributed by atoms with E-state index >= 15 is 0 Å². The Kier molecular flexibility index (Phi) is 1.38. The summed E-state index contributed by atoms with van der Waals surface area (Å²) in [5.74, 6) is 2.24. The van der Waals surface area contributed by atoms with Crippen molar-refractivity contribution in [3.05, 3.63) is 12.2 Å². The third-order valence-electron chi connectivity index (χ3n) is 4.26. The van der Waals surface area contributed by atoms with Crippen molar-refractivity contribution in [1.29, 1.82) is 0 Å². The van der Waals surface area contributed by atoms with Gasteiger partial charge in [0.05, 0.1) is 5.92 Å². The van der Waals surface area contributed by atoms with Gasteiger partial charge in [0, 0.05) is 0 Å². The molecule has 0 aliphatic heterocycles. The van der Waals surface area contributed by atoms with Crippen molar-refractivity contribution >= 4 is 5.97 Å². The van der Waals surface area contributed by atoms with Gasteiger partial charge in [-0.3, -0.25) is 4.79 Å². The van der Waals surface area contributed by atoms with Crippen LogP contribution in [-0.4, -0.2) is 11.1 Å². The first-order chi connectivity index (χ1) is 6.25. The van der Waals surface area contributed by atoms with Crippen LogP contribution in [0.4, 0.5) is 0 Å². The molecule has 2 bridgehead atoms. The fraction of sp³-hybridized carbons (Fsp3) is 0.727. The van der Waals surface area contributed by atoms with Crippen molar-refractivity contribution in [2.45, 2.75) is 19.3 Å². The van der Waals surface area contributed by atoms with Crippen LogP contribution in [0.5, 0.6) is 0 Å². The van der Waals surface area contributed by atoms with Gasteiger partial charge in [-0.1, -0.05) is 12.2 Å². The lowest BCUT2D eigenvalue weighted by molar-refractivity contribution is -0.141. The van der Waals surface area contributed by atoms with Gasteiger partial charge in [-0.15, -0.1) is 0 Å². The summed E-state index contributed by atoms with van der Waals surface area (Å²) in [5.41, 5.74) is 0. The Labute approximate surface area is 77.6 Å². The summed E-state index contributed by atoms with van der Waals surface area (Å²) in [6.45, 7) is 0. The third kappa shape index (κ3) is 0.917. The number of aliphatic carboxylic acids is 1. The maximum atomic E-state index is 10.8. The second kappa shape index (κ2) is 2.37. The van der Waals surface area contributed by atoms with Crippen molar-refractivity contribution in [2.75, 3.05) is 0 Å². The molecule has 0 spiro atoms. The molecule has 1 N–H and O–H groups in total. The predicted molar refractivity (Wildman–Crippen MR) is 48.1 cm³/mol. The number of fused-ring (bicyclic) bond motifs is 5. The Morgan fingerprint density at radius 2 is 1.62 bits per heavy atom. The van der Waals surface area contributed by atoms with Crippen molar-refractivity contribution in [1.82, 2.24) is 0 Å². The van der Waals surface area contributed by atoms with E-state index in [9.17, 15) is 4.79 Å². The first-order valence-electron chi connectivity index (χ1n) is 5.17. The van der Waals surface area contributed by atoms with E-state index in [2.05, 4.69) is 12.2 Å². The van der Waals surface area contributed by atoms with E-state index in [1.165, 1.54) is 6.42 Å². The predicted octanol–water partition coefficient (Wildman–Crippen LogP) is 1.92. The molecule has 13 heavy (non-hydrogen) atoms. The molecule has 0 saturated heterocycles. The summed E-state index contributed by atoms with van der Waals surface area (Å²) in [4.78, 5) is 10.8. The van der Waals surface area contributed by atoms with E-state index in [1.54, 1.807) is 0 Å². The van der Waals surface area contributed by atoms with E-state index in [1.807, 2.05) is 0 Å². The zero-order valence-corrected chi connectivity index (χ0v) is 7.52. The van der Waals surface area contributed by atoms with Gasteiger partial charge >= 0.3 is 5.97 Å². The monoisotopic (exact) mass is 178 g/mol. The van der Waals surface area contributed by atoms with E-state index in [4.69, 9.17) is 5.11 Å². The first kappa shape index (κ1) is 7.60. The lowest BCUT2D eigenvalue weighted by Gasteiger charge is -2.18. The van der Waals surface area contributed by atoms with E-state index in [0.29, 0.717) is 11.8 Å². The summed E-state index contributed by atoms with van der Waals surface area (Å²) >= 11 is 0. The minimum Gasteiger partial charge on any atom is -0.481 e. The lowest BCUT2D eigenvalue weighted by atomic mass is 9.86. The lowest BCUT2D eigenvalue weighted by Crippen LogP contribution is -2.12. The number of carboxylic acid groups (broad SMARTS) is 1. The standard InChI is InChI=1S/C11H14O2/c12-11(13)8-4-9-6-1-2-7(3-6)10(9)5-8/h1-2,6-10H,3-5H2,(H,12,13)/t6-,7-,9+,10+/m0/s1. The Morgan fingerprint density at radius 1 is 1.08 bits per heavy atom. The molecule has 0 aromatic carbocycles. The average Bonchev–Trinajstić information content (AvgIpc) is 2.76. The zero-order chi connectivity index (χ0) is 9.00. The molecule has 4 atom stereocenters. The van der Waals surface area contributed by atoms with Crippen molar-refractivity contribution in [2.24, 2.45) is 29.6 Å². The maximum Gasteiger partial charge on any atom is 0.306 e. The van der Waals surface area contributed by atoms with Crippen LogP contribution in [0.25, 0.3) is 0 Å². The van der Waals surface area contributed by atoms with Crippen LogP contribution < -0.4 is 0 Å². The number of hydrogen-bond acceptors (Lipinski definition) is 1. The zero-order valence-electron chi connectivity index (χ0n) is 7.52. The molecule has 0 unspecified atom stereocenters. The number of carbonyl (C=O) groups is 1. The van der Waals surface area contributed by atoms with Crippen LogP contribution in [0.1, 0.15) is 19.3 Å². The Hall–Kier alpha value is -0.790. The highest BCUT2D eigenvalue weighted by Gasteiger charge is 2.50. The summed E-state index contributed by atoms with van der Waals surface area (Å²) in [6.07, 6.45) is 7.81. The van der Waals surface area contributed by atoms with Crippen LogP contribution in [-0.2, 0) is 4.79 Å². The normalized spacial score (nSPS) is 51.2. The highest BCUT2D eigenvalue weighted by atomic mass is 16.4. The molecule has 0 radical (unpaired) electrons. The van der Waals surface area contributed by atoms with Crippen LogP contribution in [0.2, 0.25) is 0 Å². The molecule has 0 heterocycles. The largest absolute Gasteiger partial charge is 0.481 e. The molecule has 2 heteroatoms. The number of hydrogen-bond donors (Lipinski definition) is 1. The molecule has 3 aliphatic rings. The molecule has 70 valence electrons. The van der Waals surface area contributed by atoms with E-state index in [-0.39, 0.29) is 5.92 Å². The van der Waals surface area contributed by atoms with E-state index in [0.717, 1.165) is 24.7 Å². The van der Waals surface area contributed by atoms with Gasteiger partial charge in [0.15, 0.2) is 0 Å². The third-order valence-corrected chi connectivity index (χ3v) is 4.26. The Morgan fingerprint density at radius 3 is 2.08 bits per heavy atom. The number of rotatable bonds is 1. The summed E-state index contributed by atoms with van der Waals surface area (Å²) < 4.78 is 0. The van der Waals surface area contributed by atoms with Gasteiger partial charge < -0.3 is 5.11 Å². The molecule has 2 fully saturated rings. The quantitative estimate of drug-likeness (QED) is 0.623. The number of allylic oxidation sites excluding steroid dienone is 2. The number of carboxylic acids is 1. The minimum atomic E-state index is -0.575. The Bertz CT molecular complexity index is 262. The summed E-state index contributed by atoms with van der Waals surface area (Å²) in [6, 6.07) is 0. The van der Waals surface area contributed by atoms with Gasteiger partial charge in [-0.25, -0.2) is 0 Å². The molecule has 3 rings (SSSR count). The van der Waals surface area contributed by atoms with Crippen LogP contribution in [0.15, 0.2) is 12.2 Å². The molecule has 0 aromatic heterocycles. The van der Waals surface area contributed by atoms with Gasteiger partial charge in [0.1, 0.15) is 0 Å². The first-order valence-corrected chi connectivity index (χ1v) is 5.17. The van der Waals surface area contributed by atoms with Crippen LogP contribution in [0.3, 0.4) is 0 Å². The fourth-order valence-electron chi connectivity index (χ4n) is 3.68. The van der Waals surface area contributed by atoms with Crippen LogP contribution in [0, 0.1) is 29.6 Å². The van der Waals surface area contributed by atoms with Gasteiger partial charge in [0.25, 0.3) is 0 Å². The smallest absolute Gasteiger partial charge is 0.306 e. The topological polar surface area (TPSA) is 37.3 Å². The van der Waals surface area contributed by atoms with Gasteiger partial charge in [0.2, 0.25) is 0 Å². The highest BCUT2D eigenvalue weighted by Crippen LogP contribution is 2.56. The molecular weight excluding hydrogens is 164 g/mol. The molecule has 0 amide bonds. The second-order valence-electron chi connectivity index (χ2n) is 4.78. The molecular formula is C11H14O2. The highest BCUT2D eigenvalue weighted by molar-refractivity contribution is 5.70. The summed E-state index contributed by atoms with van der Waals surface area (Å²) in [5, 5.41) is 8.94. The van der Waals surface area contributed by atoms with Crippen molar-refractivity contribution < 1.29 is 9.90 Å². The molecule has 0 aromatic rings. The molecule has 3 aliphatic carbocycles. The second-order valence-corrected chi connectivity index (χ2v) is 4.78. The van der Waals surface area contributed by atoms with E-state index < -0.39 is 5.97 Å². The SMILES string of the molecule is O=C(O)C1C[C@H]2[C@H](C1)[C@H]1C=C[C@H]2C1. The fourth-order valence-corrected chi connectivity index (χ4v) is 3.68. The van der Waals surface area contributed by atoms with Crippen LogP contribution >= 0.6 is 0 Å². The van der Waals surface area contributed by atoms with Crippen molar-refractivity contribution in [3.63, 3.8) is 0 Å². The molecule has 2 saturated carbocycles. The van der Waals surface area contributed by atoms with Gasteiger partial charge in [-0.2, -0.15) is 0 Å².